The van der Waals surface area contributed by atoms with Gasteiger partial charge in [0.05, 0.1) is 12.3 Å². The fourth-order valence-electron chi connectivity index (χ4n) is 1.02. The van der Waals surface area contributed by atoms with E-state index >= 15 is 0 Å². The molecule has 0 atom stereocenters. The molecule has 1 aliphatic carbocycles. The van der Waals surface area contributed by atoms with Gasteiger partial charge in [0.15, 0.2) is 0 Å². The minimum Gasteiger partial charge on any atom is -0.399 e. The SMILES string of the molecule is N/C(=C\N(N)C1CCC1)CO. The molecular formula is C7H15N3O. The average Bonchev–Trinajstić information content (AvgIpc) is 1.83. The van der Waals surface area contributed by atoms with Crippen molar-refractivity contribution in [2.24, 2.45) is 11.6 Å². The maximum Gasteiger partial charge on any atom is 0.0840 e. The Bertz CT molecular complexity index is 154. The number of nitrogens with two attached hydrogens (primary N) is 2. The Morgan fingerprint density at radius 1 is 1.64 bits per heavy atom. The minimum atomic E-state index is -0.125. The molecule has 0 aliphatic heterocycles. The van der Waals surface area contributed by atoms with Gasteiger partial charge in [0, 0.05) is 12.2 Å². The molecule has 0 heterocycles. The first-order valence-corrected chi connectivity index (χ1v) is 3.84. The molecule has 1 aliphatic rings. The van der Waals surface area contributed by atoms with Crippen molar-refractivity contribution < 1.29 is 5.11 Å². The molecule has 0 unspecified atom stereocenters. The summed E-state index contributed by atoms with van der Waals surface area (Å²) >= 11 is 0. The Balaban J connectivity index is 2.34. The van der Waals surface area contributed by atoms with Crippen molar-refractivity contribution in [3.05, 3.63) is 11.9 Å². The van der Waals surface area contributed by atoms with E-state index in [1.807, 2.05) is 0 Å². The smallest absolute Gasteiger partial charge is 0.0840 e. The highest BCUT2D eigenvalue weighted by atomic mass is 16.3. The summed E-state index contributed by atoms with van der Waals surface area (Å²) in [5.41, 5.74) is 5.80. The number of hydrogen-bond donors (Lipinski definition) is 3. The highest BCUT2D eigenvalue weighted by Gasteiger charge is 2.20. The lowest BCUT2D eigenvalue weighted by molar-refractivity contribution is 0.184. The van der Waals surface area contributed by atoms with E-state index < -0.39 is 0 Å². The van der Waals surface area contributed by atoms with Crippen molar-refractivity contribution in [1.29, 1.82) is 0 Å². The molecule has 64 valence electrons. The van der Waals surface area contributed by atoms with E-state index in [0.717, 1.165) is 12.8 Å². The number of nitrogens with zero attached hydrogens (tertiary/aromatic N) is 1. The molecule has 1 saturated carbocycles. The maximum atomic E-state index is 8.58. The third-order valence-electron chi connectivity index (χ3n) is 1.99. The number of aliphatic hydroxyl groups excluding tert-OH is 1. The lowest BCUT2D eigenvalue weighted by Gasteiger charge is -2.33. The summed E-state index contributed by atoms with van der Waals surface area (Å²) in [6, 6.07) is 0.431. The van der Waals surface area contributed by atoms with Gasteiger partial charge in [-0.1, -0.05) is 0 Å². The van der Waals surface area contributed by atoms with Crippen LogP contribution in [0.5, 0.6) is 0 Å². The van der Waals surface area contributed by atoms with Crippen LogP contribution in [0.2, 0.25) is 0 Å². The van der Waals surface area contributed by atoms with Crippen molar-refractivity contribution in [3.63, 3.8) is 0 Å². The molecule has 1 fully saturated rings. The van der Waals surface area contributed by atoms with Gasteiger partial charge in [0.25, 0.3) is 0 Å². The van der Waals surface area contributed by atoms with Crippen LogP contribution in [0.1, 0.15) is 19.3 Å². The standard InChI is InChI=1S/C7H15N3O/c8-6(5-11)4-10(9)7-2-1-3-7/h4,7,11H,1-3,5,8-9H2/b6-4-. The van der Waals surface area contributed by atoms with Crippen LogP contribution in [0.3, 0.4) is 0 Å². The van der Waals surface area contributed by atoms with Gasteiger partial charge in [-0.3, -0.25) is 0 Å². The van der Waals surface area contributed by atoms with Crippen LogP contribution in [0.15, 0.2) is 11.9 Å². The second-order valence-corrected chi connectivity index (χ2v) is 2.89. The summed E-state index contributed by atoms with van der Waals surface area (Å²) in [4.78, 5) is 0. The van der Waals surface area contributed by atoms with E-state index in [0.29, 0.717) is 11.7 Å². The van der Waals surface area contributed by atoms with E-state index in [4.69, 9.17) is 16.7 Å². The van der Waals surface area contributed by atoms with Gasteiger partial charge in [-0.15, -0.1) is 0 Å². The van der Waals surface area contributed by atoms with Gasteiger partial charge in [-0.2, -0.15) is 0 Å². The first-order chi connectivity index (χ1) is 5.24. The molecule has 0 saturated heterocycles. The maximum absolute atomic E-state index is 8.58. The Hall–Kier alpha value is -0.740. The predicted molar refractivity (Wildman–Crippen MR) is 43.0 cm³/mol. The second kappa shape index (κ2) is 3.59. The minimum absolute atomic E-state index is 0.125. The molecule has 5 N–H and O–H groups in total. The third kappa shape index (κ3) is 2.10. The summed E-state index contributed by atoms with van der Waals surface area (Å²) in [6.07, 6.45) is 5.10. The number of aliphatic hydroxyl groups is 1. The molecule has 0 radical (unpaired) electrons. The van der Waals surface area contributed by atoms with Gasteiger partial charge in [-0.25, -0.2) is 5.84 Å². The molecule has 0 spiro atoms. The van der Waals surface area contributed by atoms with Gasteiger partial charge in [0.2, 0.25) is 0 Å². The van der Waals surface area contributed by atoms with Crippen LogP contribution in [0.4, 0.5) is 0 Å². The van der Waals surface area contributed by atoms with Crippen molar-refractivity contribution in [3.8, 4) is 0 Å². The molecule has 4 nitrogen and oxygen atoms in total. The van der Waals surface area contributed by atoms with E-state index in [1.165, 1.54) is 6.42 Å². The van der Waals surface area contributed by atoms with Crippen LogP contribution in [-0.4, -0.2) is 22.8 Å². The molecule has 1 rings (SSSR count). The molecule has 4 heteroatoms. The molecule has 0 amide bonds. The summed E-state index contributed by atoms with van der Waals surface area (Å²) in [5.74, 6) is 5.62. The molecular weight excluding hydrogens is 142 g/mol. The van der Waals surface area contributed by atoms with Crippen LogP contribution >= 0.6 is 0 Å². The summed E-state index contributed by atoms with van der Waals surface area (Å²) < 4.78 is 0. The van der Waals surface area contributed by atoms with Gasteiger partial charge in [-0.05, 0) is 19.3 Å². The lowest BCUT2D eigenvalue weighted by Crippen LogP contribution is -2.41. The van der Waals surface area contributed by atoms with Crippen molar-refractivity contribution >= 4 is 0 Å². The van der Waals surface area contributed by atoms with E-state index in [9.17, 15) is 0 Å². The van der Waals surface area contributed by atoms with Gasteiger partial charge in [0.1, 0.15) is 0 Å². The molecule has 11 heavy (non-hydrogen) atoms. The van der Waals surface area contributed by atoms with E-state index in [2.05, 4.69) is 0 Å². The first-order valence-electron chi connectivity index (χ1n) is 3.84. The number of rotatable bonds is 3. The Morgan fingerprint density at radius 3 is 2.64 bits per heavy atom. The zero-order valence-electron chi connectivity index (χ0n) is 6.53. The fraction of sp³-hybridized carbons (Fsp3) is 0.714. The fourth-order valence-corrected chi connectivity index (χ4v) is 1.02. The second-order valence-electron chi connectivity index (χ2n) is 2.89. The molecule has 0 bridgehead atoms. The molecule has 0 aromatic rings. The van der Waals surface area contributed by atoms with Crippen molar-refractivity contribution in [1.82, 2.24) is 5.01 Å². The zero-order valence-corrected chi connectivity index (χ0v) is 6.53. The van der Waals surface area contributed by atoms with Crippen LogP contribution in [0.25, 0.3) is 0 Å². The zero-order chi connectivity index (χ0) is 8.27. The summed E-state index contributed by atoms with van der Waals surface area (Å²) in [7, 11) is 0. The number of hydrazine groups is 1. The topological polar surface area (TPSA) is 75.5 Å². The van der Waals surface area contributed by atoms with Crippen LogP contribution < -0.4 is 11.6 Å². The summed E-state index contributed by atoms with van der Waals surface area (Å²) in [5, 5.41) is 10.2. The van der Waals surface area contributed by atoms with Gasteiger partial charge < -0.3 is 15.8 Å². The Labute approximate surface area is 66.4 Å². The summed E-state index contributed by atoms with van der Waals surface area (Å²) in [6.45, 7) is -0.125. The average molecular weight is 157 g/mol. The van der Waals surface area contributed by atoms with Crippen LogP contribution in [-0.2, 0) is 0 Å². The quantitative estimate of drug-likeness (QED) is 0.381. The van der Waals surface area contributed by atoms with E-state index in [-0.39, 0.29) is 6.61 Å². The third-order valence-corrected chi connectivity index (χ3v) is 1.99. The first kappa shape index (κ1) is 8.36. The highest BCUT2D eigenvalue weighted by Crippen LogP contribution is 2.22. The Kier molecular flexibility index (Phi) is 2.73. The van der Waals surface area contributed by atoms with Gasteiger partial charge >= 0.3 is 0 Å². The van der Waals surface area contributed by atoms with Crippen molar-refractivity contribution in [2.75, 3.05) is 6.61 Å². The monoisotopic (exact) mass is 157 g/mol. The largest absolute Gasteiger partial charge is 0.399 e. The molecule has 0 aromatic carbocycles. The normalized spacial score (nSPS) is 19.6. The predicted octanol–water partition coefficient (Wildman–Crippen LogP) is -0.493. The molecule has 0 aromatic heterocycles. The van der Waals surface area contributed by atoms with Crippen molar-refractivity contribution in [2.45, 2.75) is 25.3 Å². The van der Waals surface area contributed by atoms with E-state index in [1.54, 1.807) is 11.2 Å². The number of hydrogen-bond acceptors (Lipinski definition) is 4. The Morgan fingerprint density at radius 2 is 2.27 bits per heavy atom. The highest BCUT2D eigenvalue weighted by molar-refractivity contribution is 4.97. The van der Waals surface area contributed by atoms with Crippen LogP contribution in [0, 0.1) is 0 Å². The lowest BCUT2D eigenvalue weighted by atomic mass is 9.93.